The molecule has 2 aromatic carbocycles. The number of ether oxygens (including phenoxy) is 1. The van der Waals surface area contributed by atoms with Crippen molar-refractivity contribution in [3.8, 4) is 5.75 Å². The minimum atomic E-state index is 0.0909. The van der Waals surface area contributed by atoms with Crippen LogP contribution in [0.3, 0.4) is 0 Å². The van der Waals surface area contributed by atoms with Crippen molar-refractivity contribution in [2.24, 2.45) is 0 Å². The maximum atomic E-state index is 12.6. The van der Waals surface area contributed by atoms with Gasteiger partial charge in [-0.1, -0.05) is 29.8 Å². The molecule has 5 nitrogen and oxygen atoms in total. The summed E-state index contributed by atoms with van der Waals surface area (Å²) >= 11 is 0. The van der Waals surface area contributed by atoms with Crippen LogP contribution in [0.25, 0.3) is 0 Å². The average Bonchev–Trinajstić information content (AvgIpc) is 2.66. The second-order valence-electron chi connectivity index (χ2n) is 7.64. The number of carbonyl (C=O) groups is 1. The first-order valence-corrected chi connectivity index (χ1v) is 10.2. The number of quaternary nitrogens is 1. The number of nitrogens with zero attached hydrogens (tertiary/aromatic N) is 1. The van der Waals surface area contributed by atoms with E-state index in [1.165, 1.54) is 10.5 Å². The van der Waals surface area contributed by atoms with Crippen molar-refractivity contribution in [2.75, 3.05) is 49.5 Å². The Bertz CT molecular complexity index is 803. The van der Waals surface area contributed by atoms with E-state index in [1.54, 1.807) is 0 Å². The maximum Gasteiger partial charge on any atom is 0.279 e. The molecule has 1 aliphatic heterocycles. The number of aryl methyl sites for hydroxylation is 3. The Morgan fingerprint density at radius 3 is 2.39 bits per heavy atom. The molecule has 1 heterocycles. The molecule has 0 bridgehead atoms. The quantitative estimate of drug-likeness (QED) is 0.806. The zero-order valence-electron chi connectivity index (χ0n) is 17.5. The number of hydrogen-bond donors (Lipinski definition) is 2. The van der Waals surface area contributed by atoms with E-state index in [2.05, 4.69) is 55.3 Å². The number of anilines is 2. The topological polar surface area (TPSA) is 46.0 Å². The third-order valence-electron chi connectivity index (χ3n) is 5.33. The fraction of sp³-hybridized carbons (Fsp3) is 0.435. The first-order chi connectivity index (χ1) is 13.5. The summed E-state index contributed by atoms with van der Waals surface area (Å²) in [5.41, 5.74) is 5.58. The second-order valence-corrected chi connectivity index (χ2v) is 7.64. The van der Waals surface area contributed by atoms with Crippen molar-refractivity contribution in [2.45, 2.75) is 27.7 Å². The fourth-order valence-electron chi connectivity index (χ4n) is 4.02. The Balaban J connectivity index is 1.55. The minimum Gasteiger partial charge on any atom is -0.492 e. The standard InChI is InChI=1S/C23H31N3O2/c1-5-28-21-9-7-6-8-20(21)26-12-10-25(11-13-26)16-22(27)24-23-18(3)14-17(2)15-19(23)4/h6-9,14-15H,5,10-13,16H2,1-4H3,(H,24,27)/p+1. The highest BCUT2D eigenvalue weighted by atomic mass is 16.5. The lowest BCUT2D eigenvalue weighted by Crippen LogP contribution is -3.15. The average molecular weight is 383 g/mol. The number of amides is 1. The lowest BCUT2D eigenvalue weighted by molar-refractivity contribution is -0.892. The van der Waals surface area contributed by atoms with E-state index >= 15 is 0 Å². The Morgan fingerprint density at radius 1 is 1.11 bits per heavy atom. The Kier molecular flexibility index (Phi) is 6.57. The van der Waals surface area contributed by atoms with Crippen LogP contribution < -0.4 is 19.9 Å². The third kappa shape index (κ3) is 4.84. The first-order valence-electron chi connectivity index (χ1n) is 10.2. The van der Waals surface area contributed by atoms with Crippen LogP contribution in [0.1, 0.15) is 23.6 Å². The summed E-state index contributed by atoms with van der Waals surface area (Å²) in [5.74, 6) is 1.03. The predicted molar refractivity (Wildman–Crippen MR) is 115 cm³/mol. The molecule has 0 radical (unpaired) electrons. The summed E-state index contributed by atoms with van der Waals surface area (Å²) in [6.07, 6.45) is 0. The summed E-state index contributed by atoms with van der Waals surface area (Å²) in [4.78, 5) is 16.3. The van der Waals surface area contributed by atoms with Gasteiger partial charge in [0.2, 0.25) is 0 Å². The fourth-order valence-corrected chi connectivity index (χ4v) is 4.02. The number of rotatable bonds is 6. The van der Waals surface area contributed by atoms with Crippen LogP contribution in [0.2, 0.25) is 0 Å². The van der Waals surface area contributed by atoms with E-state index in [0.29, 0.717) is 13.2 Å². The molecule has 2 N–H and O–H groups in total. The predicted octanol–water partition coefficient (Wildman–Crippen LogP) is 2.35. The van der Waals surface area contributed by atoms with Gasteiger partial charge in [-0.05, 0) is 51.0 Å². The molecular weight excluding hydrogens is 350 g/mol. The lowest BCUT2D eigenvalue weighted by Gasteiger charge is -2.34. The van der Waals surface area contributed by atoms with Gasteiger partial charge in [0.15, 0.2) is 6.54 Å². The summed E-state index contributed by atoms with van der Waals surface area (Å²) in [6.45, 7) is 13.1. The van der Waals surface area contributed by atoms with Crippen molar-refractivity contribution in [1.82, 2.24) is 0 Å². The van der Waals surface area contributed by atoms with E-state index in [0.717, 1.165) is 54.4 Å². The molecule has 3 rings (SSSR count). The van der Waals surface area contributed by atoms with Crippen LogP contribution in [0, 0.1) is 20.8 Å². The Morgan fingerprint density at radius 2 is 1.75 bits per heavy atom. The molecule has 5 heteroatoms. The third-order valence-corrected chi connectivity index (χ3v) is 5.33. The van der Waals surface area contributed by atoms with Crippen molar-refractivity contribution in [3.63, 3.8) is 0 Å². The summed E-state index contributed by atoms with van der Waals surface area (Å²) < 4.78 is 5.77. The summed E-state index contributed by atoms with van der Waals surface area (Å²) in [7, 11) is 0. The molecule has 0 atom stereocenters. The normalized spacial score (nSPS) is 14.8. The monoisotopic (exact) mass is 382 g/mol. The zero-order chi connectivity index (χ0) is 20.1. The number of hydrogen-bond acceptors (Lipinski definition) is 3. The highest BCUT2D eigenvalue weighted by Crippen LogP contribution is 2.27. The van der Waals surface area contributed by atoms with Crippen molar-refractivity contribution < 1.29 is 14.4 Å². The molecule has 150 valence electrons. The molecule has 0 aromatic heterocycles. The van der Waals surface area contributed by atoms with Gasteiger partial charge in [-0.2, -0.15) is 0 Å². The Labute approximate surface area is 168 Å². The molecule has 1 fully saturated rings. The number of carbonyl (C=O) groups excluding carboxylic acids is 1. The van der Waals surface area contributed by atoms with E-state index < -0.39 is 0 Å². The Hall–Kier alpha value is -2.53. The number of piperazine rings is 1. The zero-order valence-corrected chi connectivity index (χ0v) is 17.5. The van der Waals surface area contributed by atoms with Crippen LogP contribution in [-0.4, -0.2) is 45.2 Å². The van der Waals surface area contributed by atoms with Gasteiger partial charge in [-0.3, -0.25) is 4.79 Å². The van der Waals surface area contributed by atoms with Gasteiger partial charge < -0.3 is 19.9 Å². The highest BCUT2D eigenvalue weighted by molar-refractivity contribution is 5.93. The van der Waals surface area contributed by atoms with Crippen LogP contribution >= 0.6 is 0 Å². The van der Waals surface area contributed by atoms with Crippen LogP contribution in [0.5, 0.6) is 5.75 Å². The van der Waals surface area contributed by atoms with E-state index in [1.807, 2.05) is 19.1 Å². The van der Waals surface area contributed by atoms with E-state index in [4.69, 9.17) is 4.74 Å². The van der Waals surface area contributed by atoms with Gasteiger partial charge in [0, 0.05) is 5.69 Å². The molecule has 0 spiro atoms. The first kappa shape index (κ1) is 20.2. The molecular formula is C23H32N3O2+. The van der Waals surface area contributed by atoms with E-state index in [9.17, 15) is 4.79 Å². The van der Waals surface area contributed by atoms with Gasteiger partial charge in [0.25, 0.3) is 5.91 Å². The lowest BCUT2D eigenvalue weighted by atomic mass is 10.1. The van der Waals surface area contributed by atoms with Crippen LogP contribution in [0.4, 0.5) is 11.4 Å². The molecule has 2 aromatic rings. The number of benzene rings is 2. The molecule has 28 heavy (non-hydrogen) atoms. The van der Waals surface area contributed by atoms with Gasteiger partial charge in [-0.15, -0.1) is 0 Å². The molecule has 1 aliphatic rings. The maximum absolute atomic E-state index is 12.6. The molecule has 1 amide bonds. The second kappa shape index (κ2) is 9.11. The van der Waals surface area contributed by atoms with Gasteiger partial charge in [-0.25, -0.2) is 0 Å². The summed E-state index contributed by atoms with van der Waals surface area (Å²) in [5, 5.41) is 3.13. The van der Waals surface area contributed by atoms with Crippen molar-refractivity contribution in [3.05, 3.63) is 53.1 Å². The number of para-hydroxylation sites is 2. The molecule has 0 aliphatic carbocycles. The van der Waals surface area contributed by atoms with Gasteiger partial charge in [0.1, 0.15) is 5.75 Å². The van der Waals surface area contributed by atoms with Crippen molar-refractivity contribution >= 4 is 17.3 Å². The van der Waals surface area contributed by atoms with Gasteiger partial charge >= 0.3 is 0 Å². The molecule has 0 saturated carbocycles. The number of nitrogens with one attached hydrogen (secondary N) is 2. The smallest absolute Gasteiger partial charge is 0.279 e. The van der Waals surface area contributed by atoms with Gasteiger partial charge in [0.05, 0.1) is 38.5 Å². The summed E-state index contributed by atoms with van der Waals surface area (Å²) in [6, 6.07) is 12.4. The largest absolute Gasteiger partial charge is 0.492 e. The van der Waals surface area contributed by atoms with Crippen LogP contribution in [0.15, 0.2) is 36.4 Å². The minimum absolute atomic E-state index is 0.0909. The van der Waals surface area contributed by atoms with E-state index in [-0.39, 0.29) is 5.91 Å². The molecule has 1 saturated heterocycles. The molecule has 0 unspecified atom stereocenters. The SMILES string of the molecule is CCOc1ccccc1N1CC[NH+](CC(=O)Nc2c(C)cc(C)cc2C)CC1. The van der Waals surface area contributed by atoms with Crippen molar-refractivity contribution in [1.29, 1.82) is 0 Å². The highest BCUT2D eigenvalue weighted by Gasteiger charge is 2.24. The van der Waals surface area contributed by atoms with Crippen LogP contribution in [-0.2, 0) is 4.79 Å².